The molecular weight excluding hydrogens is 269 g/mol. The van der Waals surface area contributed by atoms with Crippen molar-refractivity contribution in [3.05, 3.63) is 28.0 Å². The van der Waals surface area contributed by atoms with Crippen molar-refractivity contribution < 1.29 is 4.39 Å². The molecule has 1 aliphatic heterocycles. The molecule has 0 spiro atoms. The predicted octanol–water partition coefficient (Wildman–Crippen LogP) is 4.53. The lowest BCUT2D eigenvalue weighted by Crippen LogP contribution is -2.11. The molecule has 2 atom stereocenters. The highest BCUT2D eigenvalue weighted by Gasteiger charge is 2.28. The lowest BCUT2D eigenvalue weighted by atomic mass is 9.86. The van der Waals surface area contributed by atoms with Gasteiger partial charge in [-0.1, -0.05) is 26.7 Å². The molecule has 1 nitrogen and oxygen atoms in total. The van der Waals surface area contributed by atoms with Crippen LogP contribution in [0.25, 0.3) is 0 Å². The Morgan fingerprint density at radius 1 is 1.56 bits per heavy atom. The lowest BCUT2D eigenvalue weighted by Gasteiger charge is -2.18. The maximum atomic E-state index is 13.4. The monoisotopic (exact) mass is 285 g/mol. The van der Waals surface area contributed by atoms with Crippen LogP contribution < -0.4 is 5.32 Å². The number of hydrogen-bond acceptors (Lipinski definition) is 1. The van der Waals surface area contributed by atoms with Crippen LogP contribution in [0, 0.1) is 11.7 Å². The number of benzene rings is 1. The van der Waals surface area contributed by atoms with E-state index in [-0.39, 0.29) is 5.82 Å². The van der Waals surface area contributed by atoms with Crippen molar-refractivity contribution in [3.8, 4) is 0 Å². The third-order valence-corrected chi connectivity index (χ3v) is 4.04. The minimum Gasteiger partial charge on any atom is -0.383 e. The minimum atomic E-state index is -0.150. The quantitative estimate of drug-likeness (QED) is 0.860. The molecule has 3 heteroatoms. The molecule has 2 rings (SSSR count). The van der Waals surface area contributed by atoms with Crippen LogP contribution in [0.5, 0.6) is 0 Å². The smallest absolute Gasteiger partial charge is 0.124 e. The summed E-state index contributed by atoms with van der Waals surface area (Å²) >= 11 is 3.41. The van der Waals surface area contributed by atoms with Crippen molar-refractivity contribution in [1.29, 1.82) is 0 Å². The van der Waals surface area contributed by atoms with Gasteiger partial charge in [0.15, 0.2) is 0 Å². The van der Waals surface area contributed by atoms with Gasteiger partial charge in [0.25, 0.3) is 0 Å². The summed E-state index contributed by atoms with van der Waals surface area (Å²) in [5, 5.41) is 3.37. The highest BCUT2D eigenvalue weighted by Crippen LogP contribution is 2.42. The van der Waals surface area contributed by atoms with Crippen LogP contribution in [-0.2, 0) is 0 Å². The summed E-state index contributed by atoms with van der Waals surface area (Å²) in [4.78, 5) is 0. The Balaban J connectivity index is 2.31. The summed E-state index contributed by atoms with van der Waals surface area (Å²) in [6, 6.07) is 3.20. The van der Waals surface area contributed by atoms with Crippen LogP contribution in [0.2, 0.25) is 0 Å². The molecule has 0 fully saturated rings. The highest BCUT2D eigenvalue weighted by molar-refractivity contribution is 9.10. The van der Waals surface area contributed by atoms with Gasteiger partial charge in [0.2, 0.25) is 0 Å². The topological polar surface area (TPSA) is 12.0 Å². The van der Waals surface area contributed by atoms with E-state index in [1.807, 2.05) is 0 Å². The van der Waals surface area contributed by atoms with E-state index in [1.165, 1.54) is 18.9 Å². The van der Waals surface area contributed by atoms with E-state index >= 15 is 0 Å². The fourth-order valence-electron chi connectivity index (χ4n) is 2.56. The fourth-order valence-corrected chi connectivity index (χ4v) is 3.15. The van der Waals surface area contributed by atoms with Crippen LogP contribution in [0.1, 0.15) is 38.2 Å². The number of halogens is 2. The normalized spacial score (nSPS) is 20.4. The molecule has 88 valence electrons. The van der Waals surface area contributed by atoms with Gasteiger partial charge in [-0.2, -0.15) is 0 Å². The summed E-state index contributed by atoms with van der Waals surface area (Å²) in [5.41, 5.74) is 2.21. The number of hydrogen-bond donors (Lipinski definition) is 1. The molecule has 1 heterocycles. The van der Waals surface area contributed by atoms with Crippen molar-refractivity contribution in [2.75, 3.05) is 11.9 Å². The third kappa shape index (κ3) is 2.10. The molecule has 0 amide bonds. The van der Waals surface area contributed by atoms with E-state index in [1.54, 1.807) is 6.07 Å². The van der Waals surface area contributed by atoms with Gasteiger partial charge in [0.1, 0.15) is 5.82 Å². The molecule has 0 saturated carbocycles. The molecule has 1 N–H and O–H groups in total. The molecule has 1 aromatic rings. The maximum Gasteiger partial charge on any atom is 0.124 e. The molecule has 2 unspecified atom stereocenters. The largest absolute Gasteiger partial charge is 0.383 e. The average molecular weight is 286 g/mol. The van der Waals surface area contributed by atoms with Crippen LogP contribution in [0.15, 0.2) is 16.6 Å². The van der Waals surface area contributed by atoms with Gasteiger partial charge in [-0.3, -0.25) is 0 Å². The zero-order chi connectivity index (χ0) is 11.7. The van der Waals surface area contributed by atoms with Gasteiger partial charge in [0.05, 0.1) is 5.69 Å². The van der Waals surface area contributed by atoms with Crippen LogP contribution in [-0.4, -0.2) is 6.54 Å². The standard InChI is InChI=1S/C13H17BrFN/c1-3-4-8(2)11-7-16-13-10(11)5-9(15)6-12(13)14/h5-6,8,11,16H,3-4,7H2,1-2H3. The van der Waals surface area contributed by atoms with Crippen LogP contribution >= 0.6 is 15.9 Å². The fraction of sp³-hybridized carbons (Fsp3) is 0.538. The first-order valence-corrected chi connectivity index (χ1v) is 6.65. The van der Waals surface area contributed by atoms with Gasteiger partial charge < -0.3 is 5.32 Å². The Bertz CT molecular complexity index is 392. The molecule has 0 saturated heterocycles. The molecule has 1 aromatic carbocycles. The van der Waals surface area contributed by atoms with Gasteiger partial charge in [0, 0.05) is 16.9 Å². The van der Waals surface area contributed by atoms with Gasteiger partial charge in [-0.15, -0.1) is 0 Å². The van der Waals surface area contributed by atoms with E-state index in [4.69, 9.17) is 0 Å². The van der Waals surface area contributed by atoms with Crippen molar-refractivity contribution >= 4 is 21.6 Å². The lowest BCUT2D eigenvalue weighted by molar-refractivity contribution is 0.446. The second kappa shape index (κ2) is 4.74. The SMILES string of the molecule is CCCC(C)C1CNc2c(Br)cc(F)cc21. The zero-order valence-corrected chi connectivity index (χ0v) is 11.3. The number of anilines is 1. The third-order valence-electron chi connectivity index (χ3n) is 3.41. The number of rotatable bonds is 3. The van der Waals surface area contributed by atoms with Gasteiger partial charge in [-0.05, 0) is 39.5 Å². The van der Waals surface area contributed by atoms with Gasteiger partial charge in [-0.25, -0.2) is 4.39 Å². The first-order valence-electron chi connectivity index (χ1n) is 5.86. The Kier molecular flexibility index (Phi) is 3.53. The summed E-state index contributed by atoms with van der Waals surface area (Å²) in [7, 11) is 0. The summed E-state index contributed by atoms with van der Waals surface area (Å²) in [5.74, 6) is 0.900. The first kappa shape index (κ1) is 11.9. The molecule has 0 aromatic heterocycles. The van der Waals surface area contributed by atoms with Crippen LogP contribution in [0.4, 0.5) is 10.1 Å². The maximum absolute atomic E-state index is 13.4. The summed E-state index contributed by atoms with van der Waals surface area (Å²) in [6.45, 7) is 5.38. The van der Waals surface area contributed by atoms with Crippen molar-refractivity contribution in [3.63, 3.8) is 0 Å². The van der Waals surface area contributed by atoms with Crippen molar-refractivity contribution in [2.45, 2.75) is 32.6 Å². The molecular formula is C13H17BrFN. The average Bonchev–Trinajstić information content (AvgIpc) is 2.61. The Hall–Kier alpha value is -0.570. The molecule has 0 bridgehead atoms. The Morgan fingerprint density at radius 2 is 2.31 bits per heavy atom. The molecule has 0 aliphatic carbocycles. The summed E-state index contributed by atoms with van der Waals surface area (Å²) < 4.78 is 14.2. The second-order valence-electron chi connectivity index (χ2n) is 4.61. The number of nitrogens with one attached hydrogen (secondary N) is 1. The Morgan fingerprint density at radius 3 is 3.00 bits per heavy atom. The summed E-state index contributed by atoms with van der Waals surface area (Å²) in [6.07, 6.45) is 2.38. The molecule has 1 aliphatic rings. The predicted molar refractivity (Wildman–Crippen MR) is 69.4 cm³/mol. The van der Waals surface area contributed by atoms with Crippen molar-refractivity contribution in [1.82, 2.24) is 0 Å². The molecule has 16 heavy (non-hydrogen) atoms. The van der Waals surface area contributed by atoms with E-state index in [0.717, 1.165) is 22.3 Å². The van der Waals surface area contributed by atoms with E-state index < -0.39 is 0 Å². The van der Waals surface area contributed by atoms with Crippen LogP contribution in [0.3, 0.4) is 0 Å². The second-order valence-corrected chi connectivity index (χ2v) is 5.46. The van der Waals surface area contributed by atoms with Crippen molar-refractivity contribution in [2.24, 2.45) is 5.92 Å². The van der Waals surface area contributed by atoms with Gasteiger partial charge >= 0.3 is 0 Å². The Labute approximate surface area is 105 Å². The zero-order valence-electron chi connectivity index (χ0n) is 9.69. The van der Waals surface area contributed by atoms with E-state index in [0.29, 0.717) is 11.8 Å². The first-order chi connectivity index (χ1) is 7.63. The minimum absolute atomic E-state index is 0.150. The van der Waals surface area contributed by atoms with E-state index in [9.17, 15) is 4.39 Å². The van der Waals surface area contributed by atoms with E-state index in [2.05, 4.69) is 35.1 Å². The number of fused-ring (bicyclic) bond motifs is 1. The highest BCUT2D eigenvalue weighted by atomic mass is 79.9. The molecule has 0 radical (unpaired) electrons.